The van der Waals surface area contributed by atoms with E-state index in [0.29, 0.717) is 0 Å². The molecule has 67 valence electrons. The van der Waals surface area contributed by atoms with Gasteiger partial charge in [-0.15, -0.1) is 18.8 Å². The molecule has 2 nitrogen and oxygen atoms in total. The molecule has 2 N–H and O–H groups in total. The van der Waals surface area contributed by atoms with Crippen molar-refractivity contribution in [2.45, 2.75) is 6.42 Å². The molecular formula is C7H14ClO2V-. The predicted molar refractivity (Wildman–Crippen MR) is 45.1 cm³/mol. The topological polar surface area (TPSA) is 40.5 Å². The van der Waals surface area contributed by atoms with Crippen LogP contribution in [0.2, 0.25) is 0 Å². The number of hydrogen-bond donors (Lipinski definition) is 2. The van der Waals surface area contributed by atoms with Gasteiger partial charge in [0.15, 0.2) is 0 Å². The summed E-state index contributed by atoms with van der Waals surface area (Å²) in [6.45, 7) is 0. The van der Waals surface area contributed by atoms with Crippen LogP contribution in [-0.4, -0.2) is 24.4 Å². The van der Waals surface area contributed by atoms with E-state index >= 15 is 0 Å². The fraction of sp³-hybridized carbons (Fsp3) is 0.429. The summed E-state index contributed by atoms with van der Waals surface area (Å²) < 4.78 is 0. The van der Waals surface area contributed by atoms with Gasteiger partial charge in [0.05, 0.1) is 0 Å². The first kappa shape index (κ1) is 22.5. The molecule has 11 heavy (non-hydrogen) atoms. The Balaban J connectivity index is -0.0000000369. The molecule has 1 rings (SSSR count). The molecule has 0 aromatic carbocycles. The van der Waals surface area contributed by atoms with Crippen molar-refractivity contribution >= 4 is 12.4 Å². The Morgan fingerprint density at radius 3 is 1.73 bits per heavy atom. The minimum absolute atomic E-state index is 0. The van der Waals surface area contributed by atoms with E-state index in [2.05, 4.69) is 12.2 Å². The zero-order chi connectivity index (χ0) is 7.54. The van der Waals surface area contributed by atoms with E-state index in [4.69, 9.17) is 10.2 Å². The van der Waals surface area contributed by atoms with Crippen LogP contribution >= 0.6 is 12.4 Å². The summed E-state index contributed by atoms with van der Waals surface area (Å²) in [5.41, 5.74) is 0. The van der Waals surface area contributed by atoms with Gasteiger partial charge in [-0.05, 0) is 0 Å². The summed E-state index contributed by atoms with van der Waals surface area (Å²) in [5.74, 6) is 0. The molecule has 0 bridgehead atoms. The van der Waals surface area contributed by atoms with Crippen molar-refractivity contribution in [3.05, 3.63) is 24.3 Å². The summed E-state index contributed by atoms with van der Waals surface area (Å²) in [6, 6.07) is 0. The Morgan fingerprint density at radius 1 is 1.18 bits per heavy atom. The Labute approximate surface area is 86.3 Å². The maximum absolute atomic E-state index is 7.00. The average Bonchev–Trinajstić information content (AvgIpc) is 2.51. The van der Waals surface area contributed by atoms with E-state index in [1.165, 1.54) is 0 Å². The molecule has 0 saturated carbocycles. The fourth-order valence-electron chi connectivity index (χ4n) is 0.340. The Kier molecular flexibility index (Phi) is 65.0. The van der Waals surface area contributed by atoms with Crippen LogP contribution in [0.4, 0.5) is 0 Å². The molecular weight excluding hydrogens is 202 g/mol. The van der Waals surface area contributed by atoms with Gasteiger partial charge in [-0.2, -0.15) is 6.08 Å². The molecule has 0 heterocycles. The van der Waals surface area contributed by atoms with Crippen LogP contribution in [0, 0.1) is 6.08 Å². The standard InChI is InChI=1S/C5H5.2CH4O.ClH.V/c1-2-4-5-3-1;2*1-2;;/h1-3H,4H2;2*2H,1H3;1H;/q-1;;;;. The van der Waals surface area contributed by atoms with Crippen molar-refractivity contribution in [3.63, 3.8) is 0 Å². The van der Waals surface area contributed by atoms with Crippen LogP contribution in [0.1, 0.15) is 6.42 Å². The number of halogens is 1. The third-order valence-electron chi connectivity index (χ3n) is 0.586. The summed E-state index contributed by atoms with van der Waals surface area (Å²) in [6.07, 6.45) is 10.0. The first-order chi connectivity index (χ1) is 4.50. The van der Waals surface area contributed by atoms with Gasteiger partial charge in [-0.25, -0.2) is 12.2 Å². The Hall–Kier alpha value is 0.274. The molecule has 0 atom stereocenters. The average molecular weight is 217 g/mol. The monoisotopic (exact) mass is 216 g/mol. The summed E-state index contributed by atoms with van der Waals surface area (Å²) in [4.78, 5) is 0. The smallest absolute Gasteiger partial charge is 0.0319 e. The molecule has 0 amide bonds. The fourth-order valence-corrected chi connectivity index (χ4v) is 0.340. The molecule has 4 heteroatoms. The normalized spacial score (nSPS) is 9.09. The maximum atomic E-state index is 7.00. The zero-order valence-corrected chi connectivity index (χ0v) is 8.90. The number of allylic oxidation sites excluding steroid dienone is 4. The van der Waals surface area contributed by atoms with Gasteiger partial charge in [0.25, 0.3) is 0 Å². The third-order valence-corrected chi connectivity index (χ3v) is 0.586. The van der Waals surface area contributed by atoms with Crippen molar-refractivity contribution < 1.29 is 28.8 Å². The quantitative estimate of drug-likeness (QED) is 0.592. The minimum Gasteiger partial charge on any atom is -0.400 e. The molecule has 0 unspecified atom stereocenters. The third kappa shape index (κ3) is 25.3. The van der Waals surface area contributed by atoms with Gasteiger partial charge in [0.2, 0.25) is 0 Å². The molecule has 1 radical (unpaired) electrons. The summed E-state index contributed by atoms with van der Waals surface area (Å²) >= 11 is 0. The molecule has 1 aliphatic rings. The Bertz CT molecular complexity index is 74.5. The van der Waals surface area contributed by atoms with Crippen molar-refractivity contribution in [2.75, 3.05) is 14.2 Å². The molecule has 0 aliphatic heterocycles. The number of aliphatic hydroxyl groups excluding tert-OH is 2. The van der Waals surface area contributed by atoms with E-state index in [0.717, 1.165) is 20.6 Å². The second-order valence-corrected chi connectivity index (χ2v) is 1.00. The molecule has 0 spiro atoms. The van der Waals surface area contributed by atoms with E-state index < -0.39 is 0 Å². The van der Waals surface area contributed by atoms with Gasteiger partial charge in [0, 0.05) is 32.8 Å². The van der Waals surface area contributed by atoms with Gasteiger partial charge < -0.3 is 10.2 Å². The molecule has 0 saturated heterocycles. The second-order valence-electron chi connectivity index (χ2n) is 1.00. The van der Waals surface area contributed by atoms with Crippen LogP contribution < -0.4 is 0 Å². The summed E-state index contributed by atoms with van der Waals surface area (Å²) in [5, 5.41) is 14.0. The van der Waals surface area contributed by atoms with Crippen LogP contribution in [0.15, 0.2) is 18.2 Å². The molecule has 1 aliphatic carbocycles. The van der Waals surface area contributed by atoms with Gasteiger partial charge in [-0.3, -0.25) is 6.08 Å². The largest absolute Gasteiger partial charge is 0.400 e. The van der Waals surface area contributed by atoms with E-state index in [9.17, 15) is 0 Å². The molecule has 0 fully saturated rings. The predicted octanol–water partition coefficient (Wildman–Crippen LogP) is 0.942. The van der Waals surface area contributed by atoms with E-state index in [1.807, 2.05) is 12.2 Å². The first-order valence-corrected chi connectivity index (χ1v) is 2.61. The van der Waals surface area contributed by atoms with Crippen molar-refractivity contribution in [3.8, 4) is 0 Å². The van der Waals surface area contributed by atoms with Gasteiger partial charge in [0.1, 0.15) is 0 Å². The summed E-state index contributed by atoms with van der Waals surface area (Å²) in [7, 11) is 2.00. The Morgan fingerprint density at radius 2 is 1.64 bits per heavy atom. The number of aliphatic hydroxyl groups is 2. The SMILES string of the molecule is CO.CO.Cl.[C-]1=CC=CC1.[V]. The van der Waals surface area contributed by atoms with E-state index in [1.54, 1.807) is 0 Å². The van der Waals surface area contributed by atoms with Crippen molar-refractivity contribution in [1.29, 1.82) is 0 Å². The first-order valence-electron chi connectivity index (χ1n) is 2.61. The van der Waals surface area contributed by atoms with Crippen LogP contribution in [0.5, 0.6) is 0 Å². The number of hydrogen-bond acceptors (Lipinski definition) is 2. The van der Waals surface area contributed by atoms with Crippen molar-refractivity contribution in [2.24, 2.45) is 0 Å². The number of rotatable bonds is 0. The van der Waals surface area contributed by atoms with Crippen LogP contribution in [-0.2, 0) is 18.6 Å². The minimum atomic E-state index is 0. The second kappa shape index (κ2) is 31.8. The van der Waals surface area contributed by atoms with Crippen molar-refractivity contribution in [1.82, 2.24) is 0 Å². The molecule has 0 aromatic rings. The zero-order valence-electron chi connectivity index (χ0n) is 6.69. The van der Waals surface area contributed by atoms with E-state index in [-0.39, 0.29) is 31.0 Å². The van der Waals surface area contributed by atoms with Gasteiger partial charge in [-0.1, -0.05) is 0 Å². The van der Waals surface area contributed by atoms with Gasteiger partial charge >= 0.3 is 0 Å². The van der Waals surface area contributed by atoms with Crippen LogP contribution in [0.25, 0.3) is 0 Å². The maximum Gasteiger partial charge on any atom is 0.0319 e. The van der Waals surface area contributed by atoms with Crippen LogP contribution in [0.3, 0.4) is 0 Å². The molecule has 0 aromatic heterocycles.